The van der Waals surface area contributed by atoms with Crippen molar-refractivity contribution in [3.8, 4) is 0 Å². The zero-order valence-electron chi connectivity index (χ0n) is 16.6. The molecule has 0 bridgehead atoms. The van der Waals surface area contributed by atoms with Crippen molar-refractivity contribution in [2.45, 2.75) is 6.42 Å². The highest BCUT2D eigenvalue weighted by atomic mass is 16.2. The highest BCUT2D eigenvalue weighted by Gasteiger charge is 2.28. The monoisotopic (exact) mass is 404 g/mol. The van der Waals surface area contributed by atoms with Crippen molar-refractivity contribution in [3.05, 3.63) is 71.9 Å². The zero-order chi connectivity index (χ0) is 20.9. The molecule has 7 nitrogen and oxygen atoms in total. The van der Waals surface area contributed by atoms with Crippen LogP contribution in [0.4, 0.5) is 0 Å². The van der Waals surface area contributed by atoms with Crippen LogP contribution in [0.3, 0.4) is 0 Å². The summed E-state index contributed by atoms with van der Waals surface area (Å²) in [4.78, 5) is 43.7. The van der Waals surface area contributed by atoms with E-state index in [0.29, 0.717) is 44.8 Å². The molecular formula is C23H24N4O3. The fraction of sp³-hybridized carbons (Fsp3) is 0.261. The molecule has 1 aliphatic heterocycles. The van der Waals surface area contributed by atoms with E-state index in [1.807, 2.05) is 60.7 Å². The predicted octanol–water partition coefficient (Wildman–Crippen LogP) is 1.81. The Balaban J connectivity index is 1.26. The second-order valence-corrected chi connectivity index (χ2v) is 7.35. The molecule has 2 N–H and O–H groups in total. The normalized spacial score (nSPS) is 14.0. The number of aromatic amines is 1. The molecule has 3 amide bonds. The standard InChI is InChI=1S/C23H24N4O3/c28-21(24-11-10-17-6-2-1-3-7-17)23(30)27-14-12-26(13-15-27)22(29)20-16-18-8-4-5-9-19(18)25-20/h1-9,16,25H,10-15H2,(H,24,28). The first-order chi connectivity index (χ1) is 14.6. The maximum absolute atomic E-state index is 12.8. The van der Waals surface area contributed by atoms with Crippen molar-refractivity contribution >= 4 is 28.6 Å². The zero-order valence-corrected chi connectivity index (χ0v) is 16.6. The van der Waals surface area contributed by atoms with E-state index in [2.05, 4.69) is 10.3 Å². The summed E-state index contributed by atoms with van der Waals surface area (Å²) in [6.45, 7) is 1.90. The van der Waals surface area contributed by atoms with Gasteiger partial charge in [-0.2, -0.15) is 0 Å². The molecule has 1 aromatic heterocycles. The molecule has 0 radical (unpaired) electrons. The number of amides is 3. The molecule has 7 heteroatoms. The number of hydrogen-bond donors (Lipinski definition) is 2. The summed E-state index contributed by atoms with van der Waals surface area (Å²) in [5.41, 5.74) is 2.56. The van der Waals surface area contributed by atoms with E-state index in [4.69, 9.17) is 0 Å². The number of hydrogen-bond acceptors (Lipinski definition) is 3. The largest absolute Gasteiger partial charge is 0.351 e. The van der Waals surface area contributed by atoms with Gasteiger partial charge < -0.3 is 20.1 Å². The summed E-state index contributed by atoms with van der Waals surface area (Å²) in [6, 6.07) is 19.4. The SMILES string of the molecule is O=C(NCCc1ccccc1)C(=O)N1CCN(C(=O)c2cc3ccccc3[nH]2)CC1. The average Bonchev–Trinajstić information content (AvgIpc) is 3.23. The van der Waals surface area contributed by atoms with Crippen LogP contribution in [0, 0.1) is 0 Å². The Morgan fingerprint density at radius 1 is 0.867 bits per heavy atom. The van der Waals surface area contributed by atoms with E-state index in [1.165, 1.54) is 4.90 Å². The van der Waals surface area contributed by atoms with E-state index in [9.17, 15) is 14.4 Å². The van der Waals surface area contributed by atoms with Crippen LogP contribution in [0.1, 0.15) is 16.1 Å². The van der Waals surface area contributed by atoms with E-state index in [1.54, 1.807) is 4.90 Å². The van der Waals surface area contributed by atoms with Crippen molar-refractivity contribution < 1.29 is 14.4 Å². The van der Waals surface area contributed by atoms with Crippen molar-refractivity contribution in [2.24, 2.45) is 0 Å². The average molecular weight is 404 g/mol. The maximum Gasteiger partial charge on any atom is 0.312 e. The third kappa shape index (κ3) is 4.35. The minimum absolute atomic E-state index is 0.0920. The summed E-state index contributed by atoms with van der Waals surface area (Å²) < 4.78 is 0. The van der Waals surface area contributed by atoms with Crippen molar-refractivity contribution in [3.63, 3.8) is 0 Å². The molecule has 2 aromatic carbocycles. The van der Waals surface area contributed by atoms with Crippen molar-refractivity contribution in [1.29, 1.82) is 0 Å². The van der Waals surface area contributed by atoms with Gasteiger partial charge in [-0.3, -0.25) is 14.4 Å². The number of aromatic nitrogens is 1. The smallest absolute Gasteiger partial charge is 0.312 e. The number of para-hydroxylation sites is 1. The minimum atomic E-state index is -0.596. The molecule has 0 spiro atoms. The summed E-state index contributed by atoms with van der Waals surface area (Å²) >= 11 is 0. The molecule has 30 heavy (non-hydrogen) atoms. The van der Waals surface area contributed by atoms with E-state index in [0.717, 1.165) is 16.5 Å². The van der Waals surface area contributed by atoms with Gasteiger partial charge in [0.1, 0.15) is 5.69 Å². The van der Waals surface area contributed by atoms with Crippen molar-refractivity contribution in [1.82, 2.24) is 20.1 Å². The van der Waals surface area contributed by atoms with Gasteiger partial charge in [-0.15, -0.1) is 0 Å². The Bertz CT molecular complexity index is 1020. The van der Waals surface area contributed by atoms with E-state index < -0.39 is 11.8 Å². The minimum Gasteiger partial charge on any atom is -0.351 e. The van der Waals surface area contributed by atoms with Gasteiger partial charge in [0.15, 0.2) is 0 Å². The van der Waals surface area contributed by atoms with Crippen LogP contribution in [0.2, 0.25) is 0 Å². The molecule has 0 atom stereocenters. The molecule has 154 valence electrons. The van der Waals surface area contributed by atoms with Crippen molar-refractivity contribution in [2.75, 3.05) is 32.7 Å². The molecule has 2 heterocycles. The van der Waals surface area contributed by atoms with Crippen LogP contribution in [0.5, 0.6) is 0 Å². The maximum atomic E-state index is 12.8. The summed E-state index contributed by atoms with van der Waals surface area (Å²) in [6.07, 6.45) is 0.673. The number of benzene rings is 2. The first kappa shape index (κ1) is 19.7. The Morgan fingerprint density at radius 2 is 1.53 bits per heavy atom. The Morgan fingerprint density at radius 3 is 2.27 bits per heavy atom. The second-order valence-electron chi connectivity index (χ2n) is 7.35. The van der Waals surface area contributed by atoms with Crippen LogP contribution in [-0.4, -0.2) is 65.2 Å². The fourth-order valence-electron chi connectivity index (χ4n) is 3.66. The number of carbonyl (C=O) groups is 3. The Labute approximate surface area is 174 Å². The first-order valence-corrected chi connectivity index (χ1v) is 10.1. The summed E-state index contributed by atoms with van der Waals surface area (Å²) in [7, 11) is 0. The fourth-order valence-corrected chi connectivity index (χ4v) is 3.66. The molecular weight excluding hydrogens is 380 g/mol. The molecule has 1 fully saturated rings. The Kier molecular flexibility index (Phi) is 5.79. The van der Waals surface area contributed by atoms with Gasteiger partial charge in [0.25, 0.3) is 5.91 Å². The first-order valence-electron chi connectivity index (χ1n) is 10.1. The number of H-pyrrole nitrogens is 1. The Hall–Kier alpha value is -3.61. The van der Waals surface area contributed by atoms with Gasteiger partial charge in [-0.25, -0.2) is 0 Å². The molecule has 1 saturated heterocycles. The summed E-state index contributed by atoms with van der Waals surface area (Å²) in [5, 5.41) is 3.68. The van der Waals surface area contributed by atoms with Gasteiger partial charge >= 0.3 is 11.8 Å². The lowest BCUT2D eigenvalue weighted by Crippen LogP contribution is -2.54. The van der Waals surface area contributed by atoms with E-state index >= 15 is 0 Å². The number of rotatable bonds is 4. The van der Waals surface area contributed by atoms with Gasteiger partial charge in [0.2, 0.25) is 0 Å². The second kappa shape index (κ2) is 8.82. The number of nitrogens with one attached hydrogen (secondary N) is 2. The van der Waals surface area contributed by atoms with Crippen LogP contribution < -0.4 is 5.32 Å². The number of carbonyl (C=O) groups excluding carboxylic acids is 3. The molecule has 0 saturated carbocycles. The lowest BCUT2D eigenvalue weighted by Gasteiger charge is -2.34. The van der Waals surface area contributed by atoms with Crippen LogP contribution >= 0.6 is 0 Å². The number of nitrogens with zero attached hydrogens (tertiary/aromatic N) is 2. The quantitative estimate of drug-likeness (QED) is 0.651. The van der Waals surface area contributed by atoms with Gasteiger partial charge in [0.05, 0.1) is 0 Å². The molecule has 0 unspecified atom stereocenters. The third-order valence-corrected chi connectivity index (χ3v) is 5.35. The van der Waals surface area contributed by atoms with Gasteiger partial charge in [-0.05, 0) is 24.1 Å². The molecule has 1 aliphatic rings. The van der Waals surface area contributed by atoms with Gasteiger partial charge in [-0.1, -0.05) is 48.5 Å². The van der Waals surface area contributed by atoms with Crippen LogP contribution in [0.15, 0.2) is 60.7 Å². The van der Waals surface area contributed by atoms with Crippen LogP contribution in [0.25, 0.3) is 10.9 Å². The number of fused-ring (bicyclic) bond motifs is 1. The lowest BCUT2D eigenvalue weighted by molar-refractivity contribution is -0.146. The van der Waals surface area contributed by atoms with Gasteiger partial charge in [0, 0.05) is 43.6 Å². The molecule has 4 rings (SSSR count). The molecule has 3 aromatic rings. The lowest BCUT2D eigenvalue weighted by atomic mass is 10.1. The number of piperazine rings is 1. The molecule has 0 aliphatic carbocycles. The third-order valence-electron chi connectivity index (χ3n) is 5.35. The predicted molar refractivity (Wildman–Crippen MR) is 114 cm³/mol. The highest BCUT2D eigenvalue weighted by molar-refractivity contribution is 6.35. The summed E-state index contributed by atoms with van der Waals surface area (Å²) in [5.74, 6) is -1.23. The topological polar surface area (TPSA) is 85.5 Å². The highest BCUT2D eigenvalue weighted by Crippen LogP contribution is 2.17. The van der Waals surface area contributed by atoms with E-state index in [-0.39, 0.29) is 5.91 Å². The van der Waals surface area contributed by atoms with Crippen LogP contribution in [-0.2, 0) is 16.0 Å².